The zero-order valence-corrected chi connectivity index (χ0v) is 13.4. The number of halogens is 1. The highest BCUT2D eigenvalue weighted by atomic mass is 79.9. The lowest BCUT2D eigenvalue weighted by atomic mass is 9.51. The Morgan fingerprint density at radius 1 is 1.60 bits per heavy atom. The van der Waals surface area contributed by atoms with Crippen LogP contribution in [0.4, 0.5) is 5.69 Å². The second kappa shape index (κ2) is 5.15. The highest BCUT2D eigenvalue weighted by Crippen LogP contribution is 2.58. The molecule has 1 N–H and O–H groups in total. The molecule has 2 fully saturated rings. The van der Waals surface area contributed by atoms with Crippen LogP contribution in [0.3, 0.4) is 0 Å². The normalized spacial score (nSPS) is 26.9. The van der Waals surface area contributed by atoms with Crippen LogP contribution in [0.25, 0.3) is 0 Å². The lowest BCUT2D eigenvalue weighted by Gasteiger charge is -2.61. The third-order valence-electron chi connectivity index (χ3n) is 4.85. The summed E-state index contributed by atoms with van der Waals surface area (Å²) in [5.74, 6) is 0. The van der Waals surface area contributed by atoms with E-state index in [0.717, 1.165) is 18.7 Å². The van der Waals surface area contributed by atoms with Gasteiger partial charge in [-0.05, 0) is 42.1 Å². The maximum Gasteiger partial charge on any atom is 0.282 e. The van der Waals surface area contributed by atoms with Gasteiger partial charge in [0.15, 0.2) is 0 Å². The van der Waals surface area contributed by atoms with Gasteiger partial charge in [0.05, 0.1) is 18.0 Å². The first-order chi connectivity index (χ1) is 9.58. The number of hydrogen-bond donors (Lipinski definition) is 1. The van der Waals surface area contributed by atoms with E-state index in [9.17, 15) is 4.79 Å². The summed E-state index contributed by atoms with van der Waals surface area (Å²) in [4.78, 5) is 11.9. The Morgan fingerprint density at radius 3 is 2.95 bits per heavy atom. The monoisotopic (exact) mass is 341 g/mol. The molecule has 110 valence electrons. The molecule has 20 heavy (non-hydrogen) atoms. The van der Waals surface area contributed by atoms with E-state index >= 15 is 0 Å². The fourth-order valence-corrected chi connectivity index (χ4v) is 3.91. The van der Waals surface area contributed by atoms with Gasteiger partial charge in [0.2, 0.25) is 0 Å². The number of nitrogens with one attached hydrogen (secondary N) is 1. The van der Waals surface area contributed by atoms with Crippen LogP contribution < -0.4 is 10.9 Å². The van der Waals surface area contributed by atoms with Gasteiger partial charge in [-0.1, -0.05) is 6.42 Å². The van der Waals surface area contributed by atoms with Crippen molar-refractivity contribution in [2.24, 2.45) is 12.5 Å². The first-order valence-corrected chi connectivity index (χ1v) is 7.97. The molecule has 3 rings (SSSR count). The maximum atomic E-state index is 11.9. The number of nitrogens with zero attached hydrogens (tertiary/aromatic N) is 2. The van der Waals surface area contributed by atoms with Crippen molar-refractivity contribution in [1.82, 2.24) is 9.78 Å². The number of ether oxygens (including phenoxy) is 1. The van der Waals surface area contributed by atoms with Crippen LogP contribution in [0.2, 0.25) is 0 Å². The third kappa shape index (κ3) is 2.00. The van der Waals surface area contributed by atoms with E-state index in [1.807, 2.05) is 0 Å². The summed E-state index contributed by atoms with van der Waals surface area (Å²) in [6, 6.07) is 0.387. The van der Waals surface area contributed by atoms with Crippen molar-refractivity contribution in [2.75, 3.05) is 11.9 Å². The minimum atomic E-state index is -0.113. The Morgan fingerprint density at radius 2 is 2.35 bits per heavy atom. The van der Waals surface area contributed by atoms with E-state index < -0.39 is 0 Å². The van der Waals surface area contributed by atoms with Crippen molar-refractivity contribution in [3.05, 3.63) is 21.0 Å². The minimum Gasteiger partial charge on any atom is -0.379 e. The van der Waals surface area contributed by atoms with Crippen molar-refractivity contribution in [3.63, 3.8) is 0 Å². The number of hydrogen-bond acceptors (Lipinski definition) is 4. The van der Waals surface area contributed by atoms with E-state index in [-0.39, 0.29) is 11.0 Å². The van der Waals surface area contributed by atoms with Crippen LogP contribution in [-0.2, 0) is 11.8 Å². The van der Waals surface area contributed by atoms with Crippen LogP contribution >= 0.6 is 15.9 Å². The zero-order valence-electron chi connectivity index (χ0n) is 11.9. The molecule has 2 unspecified atom stereocenters. The Labute approximate surface area is 126 Å². The predicted octanol–water partition coefficient (Wildman–Crippen LogP) is 2.30. The van der Waals surface area contributed by atoms with Gasteiger partial charge in [0.1, 0.15) is 4.47 Å². The van der Waals surface area contributed by atoms with Gasteiger partial charge in [0.25, 0.3) is 5.56 Å². The van der Waals surface area contributed by atoms with Gasteiger partial charge >= 0.3 is 0 Å². The van der Waals surface area contributed by atoms with Crippen molar-refractivity contribution < 1.29 is 4.74 Å². The van der Waals surface area contributed by atoms with Gasteiger partial charge in [-0.15, -0.1) is 0 Å². The first kappa shape index (κ1) is 14.1. The van der Waals surface area contributed by atoms with Gasteiger partial charge in [-0.2, -0.15) is 5.10 Å². The van der Waals surface area contributed by atoms with E-state index in [1.54, 1.807) is 13.2 Å². The molecule has 1 heterocycles. The summed E-state index contributed by atoms with van der Waals surface area (Å²) < 4.78 is 7.73. The van der Waals surface area contributed by atoms with Gasteiger partial charge < -0.3 is 10.1 Å². The summed E-state index contributed by atoms with van der Waals surface area (Å²) in [5, 5.41) is 7.57. The van der Waals surface area contributed by atoms with Gasteiger partial charge in [-0.3, -0.25) is 4.79 Å². The molecule has 6 heteroatoms. The van der Waals surface area contributed by atoms with Gasteiger partial charge in [-0.25, -0.2) is 4.68 Å². The Balaban J connectivity index is 1.76. The molecule has 0 aliphatic heterocycles. The summed E-state index contributed by atoms with van der Waals surface area (Å²) >= 11 is 3.37. The maximum absolute atomic E-state index is 11.9. The fourth-order valence-electron chi connectivity index (χ4n) is 3.44. The molecule has 0 radical (unpaired) electrons. The van der Waals surface area contributed by atoms with Crippen LogP contribution in [-0.4, -0.2) is 28.5 Å². The average Bonchev–Trinajstić information content (AvgIpc) is 2.35. The minimum absolute atomic E-state index is 0.113. The van der Waals surface area contributed by atoms with E-state index in [2.05, 4.69) is 33.3 Å². The standard InChI is InChI=1S/C14H20BrN3O2/c1-3-20-11-7-10(14(11)5-4-6-14)17-9-8-16-18(2)13(19)12(9)15/h8,10-11,17H,3-7H2,1-2H3. The molecule has 1 spiro atoms. The van der Waals surface area contributed by atoms with Crippen LogP contribution in [0.1, 0.15) is 32.6 Å². The Bertz CT molecular complexity index is 568. The molecule has 0 bridgehead atoms. The summed E-state index contributed by atoms with van der Waals surface area (Å²) in [6.45, 7) is 2.82. The lowest BCUT2D eigenvalue weighted by Crippen LogP contribution is -2.64. The average molecular weight is 342 g/mol. The number of aryl methyl sites for hydroxylation is 1. The zero-order chi connectivity index (χ0) is 14.3. The molecule has 2 aliphatic rings. The van der Waals surface area contributed by atoms with Gasteiger partial charge in [0, 0.05) is 25.1 Å². The molecular weight excluding hydrogens is 322 g/mol. The van der Waals surface area contributed by atoms with Crippen LogP contribution in [0, 0.1) is 5.41 Å². The lowest BCUT2D eigenvalue weighted by molar-refractivity contribution is -0.157. The van der Waals surface area contributed by atoms with Crippen molar-refractivity contribution >= 4 is 21.6 Å². The quantitative estimate of drug-likeness (QED) is 0.912. The Kier molecular flexibility index (Phi) is 3.62. The molecule has 2 atom stereocenters. The molecule has 0 amide bonds. The largest absolute Gasteiger partial charge is 0.379 e. The number of aromatic nitrogens is 2. The topological polar surface area (TPSA) is 56.1 Å². The molecule has 0 aromatic carbocycles. The second-order valence-electron chi connectivity index (χ2n) is 5.76. The number of rotatable bonds is 4. The molecule has 5 nitrogen and oxygen atoms in total. The molecule has 0 saturated heterocycles. The molecule has 1 aromatic rings. The first-order valence-electron chi connectivity index (χ1n) is 7.18. The summed E-state index contributed by atoms with van der Waals surface area (Å²) in [6.07, 6.45) is 6.80. The van der Waals surface area contributed by atoms with Crippen LogP contribution in [0.15, 0.2) is 15.5 Å². The third-order valence-corrected chi connectivity index (χ3v) is 5.61. The fraction of sp³-hybridized carbons (Fsp3) is 0.714. The Hall–Kier alpha value is -0.880. The SMILES string of the molecule is CCOC1CC(Nc2cnn(C)c(=O)c2Br)C12CCC2. The smallest absolute Gasteiger partial charge is 0.282 e. The summed E-state index contributed by atoms with van der Waals surface area (Å²) in [7, 11) is 1.65. The highest BCUT2D eigenvalue weighted by molar-refractivity contribution is 9.10. The molecule has 1 aromatic heterocycles. The molecular formula is C14H20BrN3O2. The van der Waals surface area contributed by atoms with Crippen molar-refractivity contribution in [3.8, 4) is 0 Å². The predicted molar refractivity (Wildman–Crippen MR) is 80.9 cm³/mol. The van der Waals surface area contributed by atoms with E-state index in [4.69, 9.17) is 4.74 Å². The molecule has 2 aliphatic carbocycles. The van der Waals surface area contributed by atoms with Crippen molar-refractivity contribution in [1.29, 1.82) is 0 Å². The summed E-state index contributed by atoms with van der Waals surface area (Å²) in [5.41, 5.74) is 0.953. The highest BCUT2D eigenvalue weighted by Gasteiger charge is 2.59. The van der Waals surface area contributed by atoms with E-state index in [0.29, 0.717) is 16.6 Å². The second-order valence-corrected chi connectivity index (χ2v) is 6.56. The van der Waals surface area contributed by atoms with E-state index in [1.165, 1.54) is 23.9 Å². The molecule has 2 saturated carbocycles. The van der Waals surface area contributed by atoms with Crippen molar-refractivity contribution in [2.45, 2.75) is 44.8 Å². The number of anilines is 1. The van der Waals surface area contributed by atoms with Crippen LogP contribution in [0.5, 0.6) is 0 Å².